The molecule has 2 heterocycles. The average Bonchev–Trinajstić information content (AvgIpc) is 3.22. The maximum atomic E-state index is 13.4. The van der Waals surface area contributed by atoms with Crippen molar-refractivity contribution >= 4 is 22.5 Å². The molecule has 0 aliphatic heterocycles. The van der Waals surface area contributed by atoms with Gasteiger partial charge in [0.05, 0.1) is 0 Å². The second-order valence-electron chi connectivity index (χ2n) is 7.12. The molecular weight excluding hydrogens is 405 g/mol. The molecule has 3 aromatic rings. The zero-order valence-electron chi connectivity index (χ0n) is 16.3. The van der Waals surface area contributed by atoms with Gasteiger partial charge in [-0.2, -0.15) is 0 Å². The van der Waals surface area contributed by atoms with E-state index in [1.54, 1.807) is 30.5 Å². The molecule has 0 atom stereocenters. The highest BCUT2D eigenvalue weighted by molar-refractivity contribution is 7.15. The lowest BCUT2D eigenvalue weighted by atomic mass is 9.90. The predicted molar refractivity (Wildman–Crippen MR) is 112 cm³/mol. The van der Waals surface area contributed by atoms with Gasteiger partial charge in [-0.05, 0) is 31.0 Å². The van der Waals surface area contributed by atoms with Crippen molar-refractivity contribution in [1.29, 1.82) is 0 Å². The van der Waals surface area contributed by atoms with Gasteiger partial charge in [-0.15, -0.1) is 10.2 Å². The zero-order valence-corrected chi connectivity index (χ0v) is 17.1. The molecule has 30 heavy (non-hydrogen) atoms. The van der Waals surface area contributed by atoms with E-state index in [0.29, 0.717) is 28.2 Å². The lowest BCUT2D eigenvalue weighted by Crippen LogP contribution is -2.28. The summed E-state index contributed by atoms with van der Waals surface area (Å²) in [6, 6.07) is 8.96. The summed E-state index contributed by atoms with van der Waals surface area (Å²) in [5.41, 5.74) is 0.664. The van der Waals surface area contributed by atoms with Crippen molar-refractivity contribution < 1.29 is 13.9 Å². The van der Waals surface area contributed by atoms with E-state index in [-0.39, 0.29) is 12.6 Å². The Morgan fingerprint density at radius 1 is 1.17 bits per heavy atom. The number of carbonyl (C=O) groups excluding carboxylic acids is 1. The molecular formula is C21H22FN5O2S. The number of hydrogen-bond donors (Lipinski definition) is 2. The van der Waals surface area contributed by atoms with Gasteiger partial charge in [0.25, 0.3) is 0 Å². The second kappa shape index (κ2) is 9.62. The van der Waals surface area contributed by atoms with E-state index < -0.39 is 5.82 Å². The van der Waals surface area contributed by atoms with E-state index in [2.05, 4.69) is 25.8 Å². The van der Waals surface area contributed by atoms with Crippen LogP contribution in [0.5, 0.6) is 11.6 Å². The van der Waals surface area contributed by atoms with Crippen LogP contribution in [0, 0.1) is 5.82 Å². The second-order valence-corrected chi connectivity index (χ2v) is 8.12. The highest BCUT2D eigenvalue weighted by Crippen LogP contribution is 2.35. The maximum absolute atomic E-state index is 13.4. The molecule has 0 radical (unpaired) electrons. The number of amides is 2. The van der Waals surface area contributed by atoms with E-state index in [9.17, 15) is 9.18 Å². The third-order valence-electron chi connectivity index (χ3n) is 4.92. The molecule has 1 aliphatic carbocycles. The van der Waals surface area contributed by atoms with Crippen LogP contribution in [0.25, 0.3) is 0 Å². The minimum atomic E-state index is -0.396. The van der Waals surface area contributed by atoms with E-state index in [0.717, 1.165) is 17.8 Å². The molecule has 0 bridgehead atoms. The third-order valence-corrected chi connectivity index (χ3v) is 5.92. The molecule has 2 amide bonds. The summed E-state index contributed by atoms with van der Waals surface area (Å²) in [7, 11) is 0. The largest absolute Gasteiger partial charge is 0.439 e. The van der Waals surface area contributed by atoms with Gasteiger partial charge in [-0.25, -0.2) is 14.2 Å². The fraction of sp³-hybridized carbons (Fsp3) is 0.333. The fourth-order valence-corrected chi connectivity index (χ4v) is 4.32. The quantitative estimate of drug-likeness (QED) is 0.562. The minimum absolute atomic E-state index is 0.193. The Balaban J connectivity index is 1.33. The molecule has 0 unspecified atom stereocenters. The van der Waals surface area contributed by atoms with Gasteiger partial charge in [-0.1, -0.05) is 42.7 Å². The Hall–Kier alpha value is -3.07. The molecule has 4 rings (SSSR count). The summed E-state index contributed by atoms with van der Waals surface area (Å²) >= 11 is 1.43. The number of anilines is 1. The number of halogens is 1. The van der Waals surface area contributed by atoms with Crippen molar-refractivity contribution in [2.45, 2.75) is 44.6 Å². The van der Waals surface area contributed by atoms with Crippen molar-refractivity contribution in [1.82, 2.24) is 20.5 Å². The van der Waals surface area contributed by atoms with Gasteiger partial charge < -0.3 is 10.1 Å². The summed E-state index contributed by atoms with van der Waals surface area (Å²) in [6.45, 7) is 0.193. The van der Waals surface area contributed by atoms with E-state index in [1.807, 2.05) is 0 Å². The first-order valence-electron chi connectivity index (χ1n) is 9.93. The molecule has 1 saturated carbocycles. The number of rotatable bonds is 6. The maximum Gasteiger partial charge on any atom is 0.321 e. The molecule has 0 spiro atoms. The number of hydrogen-bond acceptors (Lipinski definition) is 6. The topological polar surface area (TPSA) is 89.0 Å². The Morgan fingerprint density at radius 3 is 2.87 bits per heavy atom. The van der Waals surface area contributed by atoms with Gasteiger partial charge >= 0.3 is 6.03 Å². The monoisotopic (exact) mass is 427 g/mol. The number of aromatic nitrogens is 3. The van der Waals surface area contributed by atoms with Gasteiger partial charge in [0, 0.05) is 30.3 Å². The van der Waals surface area contributed by atoms with E-state index in [4.69, 9.17) is 4.74 Å². The highest BCUT2D eigenvalue weighted by Gasteiger charge is 2.20. The molecule has 7 nitrogen and oxygen atoms in total. The van der Waals surface area contributed by atoms with Crippen LogP contribution in [0.3, 0.4) is 0 Å². The van der Waals surface area contributed by atoms with Crippen LogP contribution in [0.15, 0.2) is 42.6 Å². The first-order chi connectivity index (χ1) is 14.7. The van der Waals surface area contributed by atoms with Crippen molar-refractivity contribution in [3.8, 4) is 11.6 Å². The Labute approximate surface area is 177 Å². The number of ether oxygens (including phenoxy) is 1. The number of pyridine rings is 1. The van der Waals surface area contributed by atoms with E-state index in [1.165, 1.54) is 42.7 Å². The zero-order chi connectivity index (χ0) is 20.8. The summed E-state index contributed by atoms with van der Waals surface area (Å²) in [5, 5.41) is 15.3. The first kappa shape index (κ1) is 20.2. The SMILES string of the molecule is O=C(NCc1cccnc1Oc1cccc(F)c1)Nc1nnc(C2CCCCC2)s1. The lowest BCUT2D eigenvalue weighted by Gasteiger charge is -2.18. The van der Waals surface area contributed by atoms with Crippen molar-refractivity contribution in [3.63, 3.8) is 0 Å². The van der Waals surface area contributed by atoms with Crippen molar-refractivity contribution in [2.24, 2.45) is 0 Å². The molecule has 1 aromatic carbocycles. The lowest BCUT2D eigenvalue weighted by molar-refractivity contribution is 0.251. The van der Waals surface area contributed by atoms with Crippen LogP contribution in [0.4, 0.5) is 14.3 Å². The number of benzene rings is 1. The molecule has 2 N–H and O–H groups in total. The Bertz CT molecular complexity index is 1010. The molecule has 0 saturated heterocycles. The van der Waals surface area contributed by atoms with Gasteiger partial charge in [-0.3, -0.25) is 5.32 Å². The molecule has 156 valence electrons. The highest BCUT2D eigenvalue weighted by atomic mass is 32.1. The van der Waals surface area contributed by atoms with Gasteiger partial charge in [0.1, 0.15) is 16.6 Å². The number of urea groups is 1. The number of carbonyl (C=O) groups is 1. The standard InChI is InChI=1S/C21H22FN5O2S/c22-16-9-4-10-17(12-16)29-18-15(8-5-11-23-18)13-24-20(28)25-21-27-26-19(30-21)14-6-2-1-3-7-14/h4-5,8-12,14H,1-3,6-7,13H2,(H2,24,25,27,28). The summed E-state index contributed by atoms with van der Waals surface area (Å²) in [4.78, 5) is 16.5. The van der Waals surface area contributed by atoms with Crippen LogP contribution in [0.1, 0.15) is 48.6 Å². The van der Waals surface area contributed by atoms with E-state index >= 15 is 0 Å². The smallest absolute Gasteiger partial charge is 0.321 e. The molecule has 9 heteroatoms. The van der Waals surface area contributed by atoms with Gasteiger partial charge in [0.2, 0.25) is 11.0 Å². The van der Waals surface area contributed by atoms with Crippen LogP contribution < -0.4 is 15.4 Å². The summed E-state index contributed by atoms with van der Waals surface area (Å²) in [5.74, 6) is 0.697. The van der Waals surface area contributed by atoms with Crippen molar-refractivity contribution in [2.75, 3.05) is 5.32 Å². The van der Waals surface area contributed by atoms with Crippen molar-refractivity contribution in [3.05, 3.63) is 59.0 Å². The first-order valence-corrected chi connectivity index (χ1v) is 10.7. The molecule has 1 fully saturated rings. The summed E-state index contributed by atoms with van der Waals surface area (Å²) in [6.07, 6.45) is 7.57. The third kappa shape index (κ3) is 5.29. The van der Waals surface area contributed by atoms with Crippen LogP contribution in [0.2, 0.25) is 0 Å². The van der Waals surface area contributed by atoms with Crippen LogP contribution in [-0.2, 0) is 6.54 Å². The predicted octanol–water partition coefficient (Wildman–Crippen LogP) is 5.23. The Morgan fingerprint density at radius 2 is 2.03 bits per heavy atom. The Kier molecular flexibility index (Phi) is 6.48. The van der Waals surface area contributed by atoms with Gasteiger partial charge in [0.15, 0.2) is 0 Å². The molecule has 2 aromatic heterocycles. The summed E-state index contributed by atoms with van der Waals surface area (Å²) < 4.78 is 19.0. The van der Waals surface area contributed by atoms with Crippen LogP contribution in [-0.4, -0.2) is 21.2 Å². The number of nitrogens with zero attached hydrogens (tertiary/aromatic N) is 3. The fourth-order valence-electron chi connectivity index (χ4n) is 3.41. The number of nitrogens with one attached hydrogen (secondary N) is 2. The minimum Gasteiger partial charge on any atom is -0.439 e. The normalized spacial score (nSPS) is 14.3. The molecule has 1 aliphatic rings. The van der Waals surface area contributed by atoms with Crippen LogP contribution >= 0.6 is 11.3 Å². The average molecular weight is 428 g/mol.